The monoisotopic (exact) mass is 342 g/mol. The molecule has 0 spiro atoms. The van der Waals surface area contributed by atoms with Gasteiger partial charge in [-0.25, -0.2) is 8.42 Å². The largest absolute Gasteiger partial charge is 0.381 e. The summed E-state index contributed by atoms with van der Waals surface area (Å²) in [6, 6.07) is 13.6. The molecule has 4 rings (SSSR count). The summed E-state index contributed by atoms with van der Waals surface area (Å²) in [5, 5.41) is 11.5. The molecule has 0 atom stereocenters. The molecule has 2 aromatic carbocycles. The van der Waals surface area contributed by atoms with Crippen molar-refractivity contribution in [3.63, 3.8) is 0 Å². The zero-order valence-corrected chi connectivity index (χ0v) is 13.9. The standard InChI is InChI=1S/C17H18N4O2S/c22-24(23)9-3-8-21(24)16-7-2-6-15(10-16)18-11-13-4-1-5-14-12-19-20-17(13)14/h1-2,4-7,10,12,18H,3,8-9,11H2,(H,19,20). The van der Waals surface area contributed by atoms with Gasteiger partial charge in [0.1, 0.15) is 0 Å². The van der Waals surface area contributed by atoms with Crippen LogP contribution < -0.4 is 9.62 Å². The highest BCUT2D eigenvalue weighted by molar-refractivity contribution is 7.93. The van der Waals surface area contributed by atoms with Gasteiger partial charge in [0.05, 0.1) is 23.2 Å². The van der Waals surface area contributed by atoms with Gasteiger partial charge in [-0.3, -0.25) is 9.40 Å². The summed E-state index contributed by atoms with van der Waals surface area (Å²) in [4.78, 5) is 0. The first-order valence-corrected chi connectivity index (χ1v) is 9.50. The van der Waals surface area contributed by atoms with Gasteiger partial charge in [0.15, 0.2) is 0 Å². The Balaban J connectivity index is 1.55. The van der Waals surface area contributed by atoms with Gasteiger partial charge < -0.3 is 5.32 Å². The van der Waals surface area contributed by atoms with Gasteiger partial charge in [-0.1, -0.05) is 24.3 Å². The van der Waals surface area contributed by atoms with Crippen LogP contribution in [0.1, 0.15) is 12.0 Å². The number of hydrogen-bond acceptors (Lipinski definition) is 4. The van der Waals surface area contributed by atoms with E-state index in [-0.39, 0.29) is 5.75 Å². The maximum Gasteiger partial charge on any atom is 0.235 e. The Labute approximate surface area is 140 Å². The molecule has 6 nitrogen and oxygen atoms in total. The molecular weight excluding hydrogens is 324 g/mol. The number of hydrogen-bond donors (Lipinski definition) is 2. The second-order valence-electron chi connectivity index (χ2n) is 5.90. The van der Waals surface area contributed by atoms with Gasteiger partial charge in [-0.2, -0.15) is 5.10 Å². The molecule has 1 saturated heterocycles. The summed E-state index contributed by atoms with van der Waals surface area (Å²) < 4.78 is 25.6. The molecule has 2 N–H and O–H groups in total. The molecule has 2 heterocycles. The lowest BCUT2D eigenvalue weighted by molar-refractivity contribution is 0.599. The van der Waals surface area contributed by atoms with Crippen molar-refractivity contribution >= 4 is 32.3 Å². The molecule has 0 saturated carbocycles. The fourth-order valence-corrected chi connectivity index (χ4v) is 4.63. The Kier molecular flexibility index (Phi) is 3.65. The van der Waals surface area contributed by atoms with Crippen LogP contribution in [0.4, 0.5) is 11.4 Å². The quantitative estimate of drug-likeness (QED) is 0.764. The zero-order chi connectivity index (χ0) is 16.6. The normalized spacial score (nSPS) is 16.6. The van der Waals surface area contributed by atoms with Crippen molar-refractivity contribution in [2.75, 3.05) is 21.9 Å². The number of nitrogens with one attached hydrogen (secondary N) is 2. The Morgan fingerprint density at radius 1 is 1.21 bits per heavy atom. The zero-order valence-electron chi connectivity index (χ0n) is 13.1. The van der Waals surface area contributed by atoms with E-state index in [1.807, 2.05) is 42.5 Å². The predicted molar refractivity (Wildman–Crippen MR) is 95.6 cm³/mol. The average Bonchev–Trinajstić information content (AvgIpc) is 3.19. The summed E-state index contributed by atoms with van der Waals surface area (Å²) in [5.74, 6) is 0.229. The Morgan fingerprint density at radius 2 is 2.08 bits per heavy atom. The van der Waals surface area contributed by atoms with E-state index in [4.69, 9.17) is 0 Å². The summed E-state index contributed by atoms with van der Waals surface area (Å²) >= 11 is 0. The molecule has 1 aliphatic rings. The summed E-state index contributed by atoms with van der Waals surface area (Å²) in [7, 11) is -3.15. The molecule has 3 aromatic rings. The number of benzene rings is 2. The third kappa shape index (κ3) is 2.71. The van der Waals surface area contributed by atoms with Gasteiger partial charge in [0.2, 0.25) is 10.0 Å². The van der Waals surface area contributed by atoms with Crippen molar-refractivity contribution in [3.8, 4) is 0 Å². The average molecular weight is 342 g/mol. The predicted octanol–water partition coefficient (Wildman–Crippen LogP) is 2.71. The molecule has 7 heteroatoms. The SMILES string of the molecule is O=S1(=O)CCCN1c1cccc(NCc2cccc3cn[nH]c23)c1. The highest BCUT2D eigenvalue weighted by Crippen LogP contribution is 2.27. The number of anilines is 2. The molecule has 1 aromatic heterocycles. The van der Waals surface area contributed by atoms with Crippen LogP contribution in [-0.2, 0) is 16.6 Å². The minimum Gasteiger partial charge on any atom is -0.381 e. The Bertz CT molecular complexity index is 981. The van der Waals surface area contributed by atoms with E-state index >= 15 is 0 Å². The minimum absolute atomic E-state index is 0.229. The molecule has 0 amide bonds. The molecule has 0 bridgehead atoms. The lowest BCUT2D eigenvalue weighted by Gasteiger charge is -2.18. The first-order valence-electron chi connectivity index (χ1n) is 7.89. The van der Waals surface area contributed by atoms with Crippen molar-refractivity contribution in [1.82, 2.24) is 10.2 Å². The molecule has 1 fully saturated rings. The van der Waals surface area contributed by atoms with Crippen LogP contribution in [0.5, 0.6) is 0 Å². The number of sulfonamides is 1. The van der Waals surface area contributed by atoms with E-state index in [1.165, 1.54) is 4.31 Å². The van der Waals surface area contributed by atoms with Crippen molar-refractivity contribution in [2.45, 2.75) is 13.0 Å². The van der Waals surface area contributed by atoms with Gasteiger partial charge in [-0.15, -0.1) is 0 Å². The van der Waals surface area contributed by atoms with E-state index in [1.54, 1.807) is 6.20 Å². The molecule has 124 valence electrons. The van der Waals surface area contributed by atoms with Gasteiger partial charge >= 0.3 is 0 Å². The van der Waals surface area contributed by atoms with Gasteiger partial charge in [0, 0.05) is 24.2 Å². The smallest absolute Gasteiger partial charge is 0.235 e. The number of fused-ring (bicyclic) bond motifs is 1. The summed E-state index contributed by atoms with van der Waals surface area (Å²) in [5.41, 5.74) is 3.75. The maximum atomic E-state index is 12.1. The van der Waals surface area contributed by atoms with E-state index in [0.29, 0.717) is 19.5 Å². The first-order chi connectivity index (χ1) is 11.6. The molecule has 0 radical (unpaired) electrons. The third-order valence-electron chi connectivity index (χ3n) is 4.28. The molecule has 0 unspecified atom stereocenters. The van der Waals surface area contributed by atoms with E-state index in [2.05, 4.69) is 15.5 Å². The minimum atomic E-state index is -3.15. The second-order valence-corrected chi connectivity index (χ2v) is 7.91. The van der Waals surface area contributed by atoms with Gasteiger partial charge in [0.25, 0.3) is 0 Å². The maximum absolute atomic E-state index is 12.1. The summed E-state index contributed by atoms with van der Waals surface area (Å²) in [6.45, 7) is 1.19. The number of rotatable bonds is 4. The topological polar surface area (TPSA) is 78.1 Å². The van der Waals surface area contributed by atoms with Crippen molar-refractivity contribution in [3.05, 3.63) is 54.2 Å². The van der Waals surface area contributed by atoms with Crippen LogP contribution in [0.3, 0.4) is 0 Å². The molecule has 24 heavy (non-hydrogen) atoms. The van der Waals surface area contributed by atoms with Crippen molar-refractivity contribution in [1.29, 1.82) is 0 Å². The van der Waals surface area contributed by atoms with Crippen LogP contribution in [0, 0.1) is 0 Å². The van der Waals surface area contributed by atoms with Crippen molar-refractivity contribution in [2.24, 2.45) is 0 Å². The van der Waals surface area contributed by atoms with E-state index < -0.39 is 10.0 Å². The third-order valence-corrected chi connectivity index (χ3v) is 6.15. The second kappa shape index (κ2) is 5.83. The Morgan fingerprint density at radius 3 is 2.92 bits per heavy atom. The fourth-order valence-electron chi connectivity index (χ4n) is 3.08. The van der Waals surface area contributed by atoms with Crippen molar-refractivity contribution < 1.29 is 8.42 Å². The van der Waals surface area contributed by atoms with Crippen LogP contribution in [0.25, 0.3) is 10.9 Å². The highest BCUT2D eigenvalue weighted by atomic mass is 32.2. The number of aromatic amines is 1. The lowest BCUT2D eigenvalue weighted by Crippen LogP contribution is -2.25. The number of aromatic nitrogens is 2. The number of H-pyrrole nitrogens is 1. The summed E-state index contributed by atoms with van der Waals surface area (Å²) in [6.07, 6.45) is 2.49. The highest BCUT2D eigenvalue weighted by Gasteiger charge is 2.28. The fraction of sp³-hybridized carbons (Fsp3) is 0.235. The van der Waals surface area contributed by atoms with Gasteiger partial charge in [-0.05, 0) is 30.2 Å². The van der Waals surface area contributed by atoms with Crippen LogP contribution >= 0.6 is 0 Å². The molecule has 0 aliphatic carbocycles. The number of para-hydroxylation sites is 1. The van der Waals surface area contributed by atoms with E-state index in [0.717, 1.165) is 27.8 Å². The van der Waals surface area contributed by atoms with E-state index in [9.17, 15) is 8.42 Å². The Hall–Kier alpha value is -2.54. The van der Waals surface area contributed by atoms with Crippen LogP contribution in [0.15, 0.2) is 48.7 Å². The van der Waals surface area contributed by atoms with Crippen LogP contribution in [0.2, 0.25) is 0 Å². The molecular formula is C17H18N4O2S. The molecule has 1 aliphatic heterocycles. The number of nitrogens with zero attached hydrogens (tertiary/aromatic N) is 2. The first kappa shape index (κ1) is 15.0. The van der Waals surface area contributed by atoms with Crippen LogP contribution in [-0.4, -0.2) is 30.9 Å². The lowest BCUT2D eigenvalue weighted by atomic mass is 10.1.